The van der Waals surface area contributed by atoms with Crippen molar-refractivity contribution in [2.24, 2.45) is 0 Å². The van der Waals surface area contributed by atoms with E-state index in [0.29, 0.717) is 11.6 Å². The van der Waals surface area contributed by atoms with Gasteiger partial charge in [0, 0.05) is 42.5 Å². The molecule has 1 aliphatic heterocycles. The van der Waals surface area contributed by atoms with Crippen LogP contribution in [-0.2, 0) is 13.0 Å². The Kier molecular flexibility index (Phi) is 2.52. The molecule has 0 unspecified atom stereocenters. The van der Waals surface area contributed by atoms with Crippen molar-refractivity contribution in [1.82, 2.24) is 25.1 Å². The van der Waals surface area contributed by atoms with Crippen molar-refractivity contribution in [3.05, 3.63) is 39.1 Å². The first-order valence-corrected chi connectivity index (χ1v) is 6.01. The largest absolute Gasteiger partial charge is 0.312 e. The molecule has 0 spiro atoms. The van der Waals surface area contributed by atoms with E-state index in [-0.39, 0.29) is 5.56 Å². The van der Waals surface area contributed by atoms with Crippen molar-refractivity contribution < 1.29 is 0 Å². The second-order valence-electron chi connectivity index (χ2n) is 4.56. The molecule has 18 heavy (non-hydrogen) atoms. The highest BCUT2D eigenvalue weighted by atomic mass is 16.1. The van der Waals surface area contributed by atoms with E-state index in [9.17, 15) is 4.79 Å². The first kappa shape index (κ1) is 11.2. The summed E-state index contributed by atoms with van der Waals surface area (Å²) < 4.78 is 1.73. The van der Waals surface area contributed by atoms with Gasteiger partial charge in [0.25, 0.3) is 5.56 Å². The molecule has 6 heteroatoms. The Balaban J connectivity index is 2.17. The summed E-state index contributed by atoms with van der Waals surface area (Å²) in [5.74, 6) is 0.493. The van der Waals surface area contributed by atoms with E-state index in [1.54, 1.807) is 11.6 Å². The predicted octanol–water partition coefficient (Wildman–Crippen LogP) is 0.218. The van der Waals surface area contributed by atoms with Gasteiger partial charge >= 0.3 is 0 Å². The van der Waals surface area contributed by atoms with Crippen LogP contribution >= 0.6 is 0 Å². The van der Waals surface area contributed by atoms with Gasteiger partial charge in [-0.3, -0.25) is 9.78 Å². The summed E-state index contributed by atoms with van der Waals surface area (Å²) in [5.41, 5.74) is 3.88. The van der Waals surface area contributed by atoms with Crippen molar-refractivity contribution in [3.8, 4) is 5.95 Å². The number of hydrogen-bond acceptors (Lipinski definition) is 4. The van der Waals surface area contributed by atoms with Gasteiger partial charge in [0.2, 0.25) is 5.95 Å². The maximum atomic E-state index is 11.5. The average Bonchev–Trinajstić information content (AvgIpc) is 2.66. The summed E-state index contributed by atoms with van der Waals surface area (Å²) >= 11 is 0. The van der Waals surface area contributed by atoms with Crippen molar-refractivity contribution in [3.63, 3.8) is 0 Å². The van der Waals surface area contributed by atoms with Crippen LogP contribution in [0.15, 0.2) is 10.9 Å². The minimum atomic E-state index is -0.150. The Morgan fingerprint density at radius 2 is 2.22 bits per heavy atom. The second kappa shape index (κ2) is 4.06. The Morgan fingerprint density at radius 3 is 2.94 bits per heavy atom. The van der Waals surface area contributed by atoms with E-state index in [4.69, 9.17) is 0 Å². The summed E-state index contributed by atoms with van der Waals surface area (Å²) in [6, 6.07) is 1.48. The number of aromatic amines is 1. The normalized spacial score (nSPS) is 14.6. The van der Waals surface area contributed by atoms with Crippen molar-refractivity contribution in [1.29, 1.82) is 0 Å². The monoisotopic (exact) mass is 245 g/mol. The van der Waals surface area contributed by atoms with E-state index < -0.39 is 0 Å². The van der Waals surface area contributed by atoms with E-state index in [0.717, 1.165) is 30.9 Å². The summed E-state index contributed by atoms with van der Waals surface area (Å²) in [7, 11) is 0. The SMILES string of the molecule is Cc1cc(=O)[nH]c(-n2nc3c(c2C)CNCC3)n1. The standard InChI is InChI=1S/C12H15N5O/c1-7-5-11(18)15-12(14-7)17-8(2)9-6-13-4-3-10(9)16-17/h5,13H,3-4,6H2,1-2H3,(H,14,15,18). The highest BCUT2D eigenvalue weighted by Crippen LogP contribution is 2.18. The van der Waals surface area contributed by atoms with Gasteiger partial charge in [0.15, 0.2) is 0 Å². The zero-order valence-corrected chi connectivity index (χ0v) is 10.4. The number of nitrogens with zero attached hydrogens (tertiary/aromatic N) is 3. The molecule has 0 fully saturated rings. The van der Waals surface area contributed by atoms with Crippen LogP contribution in [0.5, 0.6) is 0 Å². The van der Waals surface area contributed by atoms with Crippen LogP contribution in [0.4, 0.5) is 0 Å². The van der Waals surface area contributed by atoms with Crippen LogP contribution in [0.1, 0.15) is 22.6 Å². The summed E-state index contributed by atoms with van der Waals surface area (Å²) in [4.78, 5) is 18.6. The lowest BCUT2D eigenvalue weighted by Crippen LogP contribution is -2.23. The molecular weight excluding hydrogens is 230 g/mol. The van der Waals surface area contributed by atoms with E-state index in [1.807, 2.05) is 6.92 Å². The van der Waals surface area contributed by atoms with Crippen molar-refractivity contribution >= 4 is 0 Å². The smallest absolute Gasteiger partial charge is 0.252 e. The number of rotatable bonds is 1. The highest BCUT2D eigenvalue weighted by molar-refractivity contribution is 5.31. The fraction of sp³-hybridized carbons (Fsp3) is 0.417. The van der Waals surface area contributed by atoms with Gasteiger partial charge in [-0.25, -0.2) is 9.67 Å². The van der Waals surface area contributed by atoms with E-state index in [1.165, 1.54) is 11.6 Å². The van der Waals surface area contributed by atoms with Crippen LogP contribution < -0.4 is 10.9 Å². The first-order valence-electron chi connectivity index (χ1n) is 6.01. The molecule has 3 rings (SSSR count). The molecule has 0 amide bonds. The molecule has 2 N–H and O–H groups in total. The maximum absolute atomic E-state index is 11.5. The molecule has 0 aliphatic carbocycles. The Hall–Kier alpha value is -1.95. The maximum Gasteiger partial charge on any atom is 0.252 e. The second-order valence-corrected chi connectivity index (χ2v) is 4.56. The zero-order valence-electron chi connectivity index (χ0n) is 10.4. The Morgan fingerprint density at radius 1 is 1.39 bits per heavy atom. The van der Waals surface area contributed by atoms with Crippen LogP contribution in [-0.4, -0.2) is 26.3 Å². The molecule has 0 bridgehead atoms. The van der Waals surface area contributed by atoms with Gasteiger partial charge in [-0.15, -0.1) is 0 Å². The summed E-state index contributed by atoms with van der Waals surface area (Å²) in [5, 5.41) is 7.87. The fourth-order valence-corrected chi connectivity index (χ4v) is 2.31. The number of nitrogens with one attached hydrogen (secondary N) is 2. The molecule has 0 saturated carbocycles. The summed E-state index contributed by atoms with van der Waals surface area (Å²) in [6.07, 6.45) is 0.916. The van der Waals surface area contributed by atoms with E-state index >= 15 is 0 Å². The zero-order chi connectivity index (χ0) is 12.7. The molecule has 94 valence electrons. The van der Waals surface area contributed by atoms with Crippen LogP contribution in [0.25, 0.3) is 5.95 Å². The quantitative estimate of drug-likeness (QED) is 0.753. The van der Waals surface area contributed by atoms with Crippen LogP contribution in [0.2, 0.25) is 0 Å². The molecule has 2 aromatic rings. The third-order valence-electron chi connectivity index (χ3n) is 3.22. The van der Waals surface area contributed by atoms with Crippen molar-refractivity contribution in [2.75, 3.05) is 6.54 Å². The topological polar surface area (TPSA) is 75.6 Å². The Bertz CT molecular complexity index is 655. The molecular formula is C12H15N5O. The summed E-state index contributed by atoms with van der Waals surface area (Å²) in [6.45, 7) is 5.58. The number of aryl methyl sites for hydroxylation is 1. The van der Waals surface area contributed by atoms with Gasteiger partial charge in [0.05, 0.1) is 5.69 Å². The predicted molar refractivity (Wildman–Crippen MR) is 66.9 cm³/mol. The van der Waals surface area contributed by atoms with Crippen LogP contribution in [0, 0.1) is 13.8 Å². The molecule has 2 aromatic heterocycles. The minimum absolute atomic E-state index is 0.150. The molecule has 6 nitrogen and oxygen atoms in total. The number of hydrogen-bond donors (Lipinski definition) is 2. The lowest BCUT2D eigenvalue weighted by molar-refractivity contribution is 0.634. The first-order chi connectivity index (χ1) is 8.65. The highest BCUT2D eigenvalue weighted by Gasteiger charge is 2.19. The number of H-pyrrole nitrogens is 1. The van der Waals surface area contributed by atoms with E-state index in [2.05, 4.69) is 20.4 Å². The molecule has 1 aliphatic rings. The average molecular weight is 245 g/mol. The molecule has 0 atom stereocenters. The lowest BCUT2D eigenvalue weighted by atomic mass is 10.1. The lowest BCUT2D eigenvalue weighted by Gasteiger charge is -2.11. The van der Waals surface area contributed by atoms with Gasteiger partial charge in [-0.2, -0.15) is 5.10 Å². The van der Waals surface area contributed by atoms with Gasteiger partial charge in [0.1, 0.15) is 0 Å². The molecule has 0 radical (unpaired) electrons. The molecule has 3 heterocycles. The Labute approximate surface area is 104 Å². The number of fused-ring (bicyclic) bond motifs is 1. The van der Waals surface area contributed by atoms with Gasteiger partial charge in [-0.1, -0.05) is 0 Å². The molecule has 0 saturated heterocycles. The third-order valence-corrected chi connectivity index (χ3v) is 3.22. The van der Waals surface area contributed by atoms with Crippen LogP contribution in [0.3, 0.4) is 0 Å². The minimum Gasteiger partial charge on any atom is -0.312 e. The molecule has 0 aromatic carbocycles. The van der Waals surface area contributed by atoms with Gasteiger partial charge in [-0.05, 0) is 13.8 Å². The number of aromatic nitrogens is 4. The fourth-order valence-electron chi connectivity index (χ4n) is 2.31. The third kappa shape index (κ3) is 1.74. The van der Waals surface area contributed by atoms with Gasteiger partial charge < -0.3 is 5.32 Å². The van der Waals surface area contributed by atoms with Crippen molar-refractivity contribution in [2.45, 2.75) is 26.8 Å².